The third-order valence-electron chi connectivity index (χ3n) is 8.93. The number of benzene rings is 4. The van der Waals surface area contributed by atoms with Gasteiger partial charge in [0.05, 0.1) is 20.3 Å². The second kappa shape index (κ2) is 9.92. The summed E-state index contributed by atoms with van der Waals surface area (Å²) in [5.74, 6) is -1.81. The van der Waals surface area contributed by atoms with Crippen molar-refractivity contribution in [3.8, 4) is 11.5 Å². The predicted octanol–water partition coefficient (Wildman–Crippen LogP) is 6.81. The maximum absolute atomic E-state index is 14.8. The summed E-state index contributed by atoms with van der Waals surface area (Å²) in [7, 11) is 2.98. The van der Waals surface area contributed by atoms with Gasteiger partial charge < -0.3 is 14.4 Å². The van der Waals surface area contributed by atoms with Crippen molar-refractivity contribution in [3.05, 3.63) is 130 Å². The molecule has 3 aliphatic rings. The summed E-state index contributed by atoms with van der Waals surface area (Å²) in [5, 5.41) is 0.460. The highest BCUT2D eigenvalue weighted by Gasteiger charge is 2.72. The zero-order chi connectivity index (χ0) is 30.0. The van der Waals surface area contributed by atoms with Crippen LogP contribution in [0.25, 0.3) is 6.08 Å². The van der Waals surface area contributed by atoms with Gasteiger partial charge in [0.15, 0.2) is 28.8 Å². The SMILES string of the molecule is COc1cccc([C@@H]2[C@H](C(=O)c3ccc(Cl)cc3)N3c4ccc(F)cc4C=C[C@H]3C23C(=O)c2ccccc2C3=O)c1OC. The Morgan fingerprint density at radius 1 is 0.884 bits per heavy atom. The van der Waals surface area contributed by atoms with Crippen LogP contribution < -0.4 is 14.4 Å². The fourth-order valence-electron chi connectivity index (χ4n) is 7.23. The first-order valence-electron chi connectivity index (χ1n) is 13.8. The third kappa shape index (κ3) is 3.67. The Hall–Kier alpha value is -4.75. The van der Waals surface area contributed by atoms with E-state index in [1.54, 1.807) is 84.9 Å². The van der Waals surface area contributed by atoms with Crippen molar-refractivity contribution in [1.82, 2.24) is 0 Å². The molecule has 1 spiro atoms. The quantitative estimate of drug-likeness (QED) is 0.187. The van der Waals surface area contributed by atoms with Crippen molar-refractivity contribution >= 4 is 40.7 Å². The normalized spacial score (nSPS) is 21.0. The van der Waals surface area contributed by atoms with Gasteiger partial charge in [-0.25, -0.2) is 4.39 Å². The van der Waals surface area contributed by atoms with Crippen molar-refractivity contribution in [3.63, 3.8) is 0 Å². The van der Waals surface area contributed by atoms with E-state index in [0.29, 0.717) is 50.0 Å². The minimum Gasteiger partial charge on any atom is -0.493 e. The Morgan fingerprint density at radius 2 is 1.58 bits per heavy atom. The summed E-state index contributed by atoms with van der Waals surface area (Å²) >= 11 is 6.17. The Morgan fingerprint density at radius 3 is 2.23 bits per heavy atom. The molecular formula is C35H25ClFNO5. The molecule has 3 atom stereocenters. The molecule has 0 N–H and O–H groups in total. The molecule has 0 aromatic heterocycles. The topological polar surface area (TPSA) is 72.9 Å². The lowest BCUT2D eigenvalue weighted by molar-refractivity contribution is 0.0664. The van der Waals surface area contributed by atoms with Crippen molar-refractivity contribution in [2.45, 2.75) is 18.0 Å². The molecule has 1 aliphatic carbocycles. The van der Waals surface area contributed by atoms with E-state index in [2.05, 4.69) is 0 Å². The van der Waals surface area contributed by atoms with Crippen LogP contribution in [0.1, 0.15) is 48.1 Å². The van der Waals surface area contributed by atoms with E-state index in [1.807, 2.05) is 4.90 Å². The number of hydrogen-bond acceptors (Lipinski definition) is 6. The van der Waals surface area contributed by atoms with Crippen LogP contribution in [0.5, 0.6) is 11.5 Å². The molecule has 7 rings (SSSR count). The van der Waals surface area contributed by atoms with E-state index in [4.69, 9.17) is 21.1 Å². The predicted molar refractivity (Wildman–Crippen MR) is 161 cm³/mol. The van der Waals surface area contributed by atoms with Crippen molar-refractivity contribution < 1.29 is 28.2 Å². The molecule has 8 heteroatoms. The molecule has 4 aromatic rings. The average molecular weight is 594 g/mol. The standard InChI is InChI=1S/C35H25ClFNO5/c1-42-27-9-5-8-25(32(27)43-2)29-30(31(39)19-10-13-21(36)14-11-19)38-26-16-15-22(37)18-20(26)12-17-28(38)35(29)33(40)23-6-3-4-7-24(23)34(35)41/h3-18,28-30H,1-2H3/t28-,29+,30+/m0/s1. The number of para-hydroxylation sites is 1. The van der Waals surface area contributed by atoms with Gasteiger partial charge in [-0.05, 0) is 48.5 Å². The van der Waals surface area contributed by atoms with Gasteiger partial charge >= 0.3 is 0 Å². The number of anilines is 1. The van der Waals surface area contributed by atoms with E-state index in [1.165, 1.54) is 26.4 Å². The first kappa shape index (κ1) is 27.1. The molecule has 0 radical (unpaired) electrons. The summed E-state index contributed by atoms with van der Waals surface area (Å²) in [5.41, 5.74) is 0.782. The number of carbonyl (C=O) groups is 3. The summed E-state index contributed by atoms with van der Waals surface area (Å²) in [4.78, 5) is 46.2. The Kier molecular flexibility index (Phi) is 6.25. The largest absolute Gasteiger partial charge is 0.493 e. The lowest BCUT2D eigenvalue weighted by atomic mass is 9.64. The highest BCUT2D eigenvalue weighted by Crippen LogP contribution is 2.62. The molecule has 2 aliphatic heterocycles. The van der Waals surface area contributed by atoms with Gasteiger partial charge in [-0.2, -0.15) is 0 Å². The number of carbonyl (C=O) groups excluding carboxylic acids is 3. The molecule has 4 aromatic carbocycles. The Balaban J connectivity index is 1.58. The number of nitrogens with zero attached hydrogens (tertiary/aromatic N) is 1. The number of methoxy groups -OCH3 is 2. The minimum absolute atomic E-state index is 0.303. The van der Waals surface area contributed by atoms with Crippen LogP contribution in [-0.2, 0) is 0 Å². The number of halogens is 2. The Labute approximate surface area is 252 Å². The number of rotatable bonds is 5. The molecule has 0 amide bonds. The summed E-state index contributed by atoms with van der Waals surface area (Å²) in [6, 6.07) is 20.9. The summed E-state index contributed by atoms with van der Waals surface area (Å²) in [6.45, 7) is 0. The molecule has 1 fully saturated rings. The van der Waals surface area contributed by atoms with Gasteiger partial charge in [-0.15, -0.1) is 0 Å². The molecule has 6 nitrogen and oxygen atoms in total. The van der Waals surface area contributed by atoms with Crippen LogP contribution in [0.3, 0.4) is 0 Å². The first-order valence-corrected chi connectivity index (χ1v) is 14.2. The number of ether oxygens (including phenoxy) is 2. The number of hydrogen-bond donors (Lipinski definition) is 0. The smallest absolute Gasteiger partial charge is 0.185 e. The van der Waals surface area contributed by atoms with Crippen molar-refractivity contribution in [2.24, 2.45) is 5.41 Å². The van der Waals surface area contributed by atoms with Gasteiger partial charge in [0, 0.05) is 44.4 Å². The van der Waals surface area contributed by atoms with Crippen molar-refractivity contribution in [2.75, 3.05) is 19.1 Å². The van der Waals surface area contributed by atoms with Crippen LogP contribution in [0.2, 0.25) is 5.02 Å². The lowest BCUT2D eigenvalue weighted by Crippen LogP contribution is -2.48. The zero-order valence-corrected chi connectivity index (χ0v) is 24.0. The van der Waals surface area contributed by atoms with Gasteiger partial charge in [0.2, 0.25) is 0 Å². The second-order valence-corrected chi connectivity index (χ2v) is 11.3. The van der Waals surface area contributed by atoms with Crippen LogP contribution in [0, 0.1) is 11.2 Å². The molecule has 0 bridgehead atoms. The summed E-state index contributed by atoms with van der Waals surface area (Å²) in [6.07, 6.45) is 3.47. The van der Waals surface area contributed by atoms with Gasteiger partial charge in [0.1, 0.15) is 17.3 Å². The first-order chi connectivity index (χ1) is 20.8. The van der Waals surface area contributed by atoms with Gasteiger partial charge in [-0.3, -0.25) is 14.4 Å². The zero-order valence-electron chi connectivity index (χ0n) is 23.2. The molecule has 1 saturated heterocycles. The maximum Gasteiger partial charge on any atom is 0.185 e. The van der Waals surface area contributed by atoms with E-state index in [9.17, 15) is 18.8 Å². The van der Waals surface area contributed by atoms with Crippen LogP contribution in [0.4, 0.5) is 10.1 Å². The number of Topliss-reactive ketones (excluding diaryl/α,β-unsaturated/α-hetero) is 3. The molecule has 0 unspecified atom stereocenters. The minimum atomic E-state index is -1.74. The average Bonchev–Trinajstić information content (AvgIpc) is 3.46. The van der Waals surface area contributed by atoms with Crippen LogP contribution >= 0.6 is 11.6 Å². The maximum atomic E-state index is 14.8. The molecule has 43 heavy (non-hydrogen) atoms. The third-order valence-corrected chi connectivity index (χ3v) is 9.18. The van der Waals surface area contributed by atoms with Gasteiger partial charge in [-0.1, -0.05) is 60.2 Å². The summed E-state index contributed by atoms with van der Waals surface area (Å²) < 4.78 is 25.9. The molecular weight excluding hydrogens is 569 g/mol. The van der Waals surface area contributed by atoms with Crippen LogP contribution in [-0.4, -0.2) is 43.7 Å². The van der Waals surface area contributed by atoms with E-state index < -0.39 is 29.2 Å². The molecule has 0 saturated carbocycles. The Bertz CT molecular complexity index is 1830. The number of fused-ring (bicyclic) bond motifs is 5. The van der Waals surface area contributed by atoms with E-state index in [-0.39, 0.29) is 17.3 Å². The second-order valence-electron chi connectivity index (χ2n) is 10.9. The molecule has 214 valence electrons. The number of ketones is 3. The van der Waals surface area contributed by atoms with Crippen LogP contribution in [0.15, 0.2) is 91.0 Å². The molecule has 2 heterocycles. The lowest BCUT2D eigenvalue weighted by Gasteiger charge is -2.37. The van der Waals surface area contributed by atoms with Gasteiger partial charge in [0.25, 0.3) is 0 Å². The van der Waals surface area contributed by atoms with E-state index in [0.717, 1.165) is 0 Å². The van der Waals surface area contributed by atoms with Crippen molar-refractivity contribution in [1.29, 1.82) is 0 Å². The van der Waals surface area contributed by atoms with E-state index >= 15 is 0 Å². The highest BCUT2D eigenvalue weighted by atomic mass is 35.5. The monoisotopic (exact) mass is 593 g/mol. The fraction of sp³-hybridized carbons (Fsp3) is 0.171. The highest BCUT2D eigenvalue weighted by molar-refractivity contribution is 6.32. The fourth-order valence-corrected chi connectivity index (χ4v) is 7.36.